The summed E-state index contributed by atoms with van der Waals surface area (Å²) in [6.45, 7) is 2.75. The van der Waals surface area contributed by atoms with E-state index in [9.17, 15) is 4.79 Å². The van der Waals surface area contributed by atoms with Crippen molar-refractivity contribution in [3.63, 3.8) is 0 Å². The second-order valence-electron chi connectivity index (χ2n) is 7.21. The van der Waals surface area contributed by atoms with Crippen molar-refractivity contribution in [1.29, 1.82) is 0 Å². The van der Waals surface area contributed by atoms with Gasteiger partial charge in [0.05, 0.1) is 0 Å². The second-order valence-corrected chi connectivity index (χ2v) is 7.21. The quantitative estimate of drug-likeness (QED) is 0.709. The molecule has 6 heteroatoms. The number of anilines is 1. The van der Waals surface area contributed by atoms with Gasteiger partial charge in [-0.25, -0.2) is 9.78 Å². The first-order valence-corrected chi connectivity index (χ1v) is 9.61. The van der Waals surface area contributed by atoms with Crippen molar-refractivity contribution in [2.24, 2.45) is 5.92 Å². The molecule has 1 saturated heterocycles. The molecule has 3 N–H and O–H groups in total. The maximum Gasteiger partial charge on any atom is 0.315 e. The number of hydrogen-bond acceptors (Lipinski definition) is 4. The smallest absolute Gasteiger partial charge is 0.315 e. The minimum absolute atomic E-state index is 0.0912. The first-order chi connectivity index (χ1) is 12.3. The fourth-order valence-electron chi connectivity index (χ4n) is 3.47. The highest BCUT2D eigenvalue weighted by molar-refractivity contribution is 5.74. The van der Waals surface area contributed by atoms with Crippen molar-refractivity contribution in [2.45, 2.75) is 57.5 Å². The third-order valence-electron chi connectivity index (χ3n) is 5.14. The molecule has 2 fully saturated rings. The molecular formula is C19H30N4O2. The summed E-state index contributed by atoms with van der Waals surface area (Å²) in [7, 11) is 0. The van der Waals surface area contributed by atoms with Gasteiger partial charge in [-0.2, -0.15) is 0 Å². The average molecular weight is 346 g/mol. The number of carbonyl (C=O) groups is 1. The van der Waals surface area contributed by atoms with Crippen LogP contribution < -0.4 is 15.5 Å². The number of carbonyl (C=O) groups excluding carboxylic acids is 1. The maximum atomic E-state index is 12.1. The molecule has 6 nitrogen and oxygen atoms in total. The molecule has 1 aromatic rings. The molecule has 2 heterocycles. The van der Waals surface area contributed by atoms with E-state index in [0.29, 0.717) is 18.9 Å². The fourth-order valence-corrected chi connectivity index (χ4v) is 3.47. The van der Waals surface area contributed by atoms with Gasteiger partial charge in [0.2, 0.25) is 0 Å². The Morgan fingerprint density at radius 1 is 1.24 bits per heavy atom. The molecule has 2 amide bonds. The molecule has 1 aliphatic carbocycles. The van der Waals surface area contributed by atoms with E-state index in [1.54, 1.807) is 0 Å². The normalized spacial score (nSPS) is 19.2. The lowest BCUT2D eigenvalue weighted by atomic mass is 10.1. The van der Waals surface area contributed by atoms with Crippen LogP contribution in [0.3, 0.4) is 0 Å². The molecule has 0 aromatic carbocycles. The van der Waals surface area contributed by atoms with E-state index >= 15 is 0 Å². The summed E-state index contributed by atoms with van der Waals surface area (Å²) in [5, 5.41) is 15.0. The Labute approximate surface area is 150 Å². The number of hydrogen-bond donors (Lipinski definition) is 3. The summed E-state index contributed by atoms with van der Waals surface area (Å²) in [6.07, 6.45) is 9.87. The molecule has 1 aromatic heterocycles. The zero-order chi connectivity index (χ0) is 17.5. The first kappa shape index (κ1) is 18.0. The lowest BCUT2D eigenvalue weighted by Gasteiger charge is -2.21. The molecule has 2 aliphatic rings. The number of amides is 2. The average Bonchev–Trinajstić information content (AvgIpc) is 3.47. The molecule has 0 unspecified atom stereocenters. The third kappa shape index (κ3) is 5.59. The number of aliphatic hydroxyl groups is 1. The molecule has 138 valence electrons. The van der Waals surface area contributed by atoms with Gasteiger partial charge < -0.3 is 20.6 Å². The predicted molar refractivity (Wildman–Crippen MR) is 98.5 cm³/mol. The van der Waals surface area contributed by atoms with Crippen LogP contribution in [-0.2, 0) is 6.54 Å². The Balaban J connectivity index is 1.45. The minimum atomic E-state index is -0.165. The topological polar surface area (TPSA) is 77.5 Å². The van der Waals surface area contributed by atoms with E-state index in [-0.39, 0.29) is 18.7 Å². The third-order valence-corrected chi connectivity index (χ3v) is 5.14. The Morgan fingerprint density at radius 3 is 2.60 bits per heavy atom. The van der Waals surface area contributed by atoms with Crippen molar-refractivity contribution in [3.05, 3.63) is 23.9 Å². The van der Waals surface area contributed by atoms with Gasteiger partial charge in [-0.05, 0) is 49.7 Å². The summed E-state index contributed by atoms with van der Waals surface area (Å²) in [6, 6.07) is 4.02. The van der Waals surface area contributed by atoms with Gasteiger partial charge in [0.15, 0.2) is 0 Å². The van der Waals surface area contributed by atoms with Crippen molar-refractivity contribution in [3.8, 4) is 0 Å². The number of nitrogens with zero attached hydrogens (tertiary/aromatic N) is 2. The maximum absolute atomic E-state index is 12.1. The Hall–Kier alpha value is -1.82. The van der Waals surface area contributed by atoms with Crippen molar-refractivity contribution in [1.82, 2.24) is 15.6 Å². The highest BCUT2D eigenvalue weighted by atomic mass is 16.3. The predicted octanol–water partition coefficient (Wildman–Crippen LogP) is 2.42. The monoisotopic (exact) mass is 346 g/mol. The molecule has 1 saturated carbocycles. The summed E-state index contributed by atoms with van der Waals surface area (Å²) in [5.74, 6) is 1.57. The summed E-state index contributed by atoms with van der Waals surface area (Å²) < 4.78 is 0. The molecule has 0 spiro atoms. The largest absolute Gasteiger partial charge is 0.396 e. The van der Waals surface area contributed by atoms with E-state index in [1.165, 1.54) is 25.7 Å². The van der Waals surface area contributed by atoms with Crippen LogP contribution in [0.5, 0.6) is 0 Å². The second kappa shape index (κ2) is 9.04. The van der Waals surface area contributed by atoms with Gasteiger partial charge in [-0.15, -0.1) is 0 Å². The molecule has 25 heavy (non-hydrogen) atoms. The molecule has 0 bridgehead atoms. The highest BCUT2D eigenvalue weighted by Gasteiger charge is 2.31. The number of rotatable bonds is 7. The number of aliphatic hydroxyl groups excluding tert-OH is 1. The molecule has 3 rings (SSSR count). The van der Waals surface area contributed by atoms with Gasteiger partial charge in [-0.3, -0.25) is 0 Å². The summed E-state index contributed by atoms with van der Waals surface area (Å²) in [5.41, 5.74) is 0.999. The van der Waals surface area contributed by atoms with Crippen LogP contribution in [0.2, 0.25) is 0 Å². The van der Waals surface area contributed by atoms with Crippen LogP contribution in [0.25, 0.3) is 0 Å². The Bertz CT molecular complexity index is 537. The van der Waals surface area contributed by atoms with Gasteiger partial charge >= 0.3 is 6.03 Å². The van der Waals surface area contributed by atoms with E-state index < -0.39 is 0 Å². The van der Waals surface area contributed by atoms with E-state index in [1.807, 2.05) is 12.3 Å². The van der Waals surface area contributed by atoms with Crippen LogP contribution in [-0.4, -0.2) is 41.9 Å². The molecule has 0 radical (unpaired) electrons. The minimum Gasteiger partial charge on any atom is -0.396 e. The number of nitrogens with one attached hydrogen (secondary N) is 2. The van der Waals surface area contributed by atoms with Crippen LogP contribution >= 0.6 is 0 Å². The Morgan fingerprint density at radius 2 is 2.00 bits per heavy atom. The van der Waals surface area contributed by atoms with E-state index in [2.05, 4.69) is 26.6 Å². The van der Waals surface area contributed by atoms with Gasteiger partial charge in [0, 0.05) is 38.5 Å². The van der Waals surface area contributed by atoms with Gasteiger partial charge in [0.1, 0.15) is 5.82 Å². The molecule has 1 aliphatic heterocycles. The van der Waals surface area contributed by atoms with Crippen molar-refractivity contribution >= 4 is 11.8 Å². The summed E-state index contributed by atoms with van der Waals surface area (Å²) >= 11 is 0. The van der Waals surface area contributed by atoms with Crippen LogP contribution in [0.1, 0.15) is 50.5 Å². The van der Waals surface area contributed by atoms with E-state index in [4.69, 9.17) is 5.11 Å². The number of urea groups is 1. The summed E-state index contributed by atoms with van der Waals surface area (Å²) in [4.78, 5) is 19.0. The standard InChI is InChI=1S/C19H30N4O2/c24-12-9-17(16-6-7-16)22-19(25)21-14-15-5-8-18(20-13-15)23-10-3-1-2-4-11-23/h5,8,13,16-17,24H,1-4,6-7,9-12,14H2,(H2,21,22,25)/t17-/m1/s1. The van der Waals surface area contributed by atoms with Crippen LogP contribution in [0, 0.1) is 5.92 Å². The first-order valence-electron chi connectivity index (χ1n) is 9.61. The van der Waals surface area contributed by atoms with Gasteiger partial charge in [-0.1, -0.05) is 18.9 Å². The fraction of sp³-hybridized carbons (Fsp3) is 0.684. The Kier molecular flexibility index (Phi) is 6.50. The SMILES string of the molecule is O=C(NCc1ccc(N2CCCCCC2)nc1)N[C@H](CCO)C1CC1. The lowest BCUT2D eigenvalue weighted by Crippen LogP contribution is -2.43. The molecule has 1 atom stereocenters. The lowest BCUT2D eigenvalue weighted by molar-refractivity contribution is 0.224. The van der Waals surface area contributed by atoms with Gasteiger partial charge in [0.25, 0.3) is 0 Å². The highest BCUT2D eigenvalue weighted by Crippen LogP contribution is 2.33. The zero-order valence-electron chi connectivity index (χ0n) is 14.9. The van der Waals surface area contributed by atoms with Crippen LogP contribution in [0.4, 0.5) is 10.6 Å². The van der Waals surface area contributed by atoms with Crippen molar-refractivity contribution in [2.75, 3.05) is 24.6 Å². The van der Waals surface area contributed by atoms with E-state index in [0.717, 1.165) is 37.3 Å². The molecular weight excluding hydrogens is 316 g/mol. The van der Waals surface area contributed by atoms with Crippen LogP contribution in [0.15, 0.2) is 18.3 Å². The number of pyridine rings is 1. The number of aromatic nitrogens is 1. The van der Waals surface area contributed by atoms with Crippen molar-refractivity contribution < 1.29 is 9.90 Å². The zero-order valence-corrected chi connectivity index (χ0v) is 14.9.